The van der Waals surface area contributed by atoms with E-state index < -0.39 is 25.8 Å². The fourth-order valence-corrected chi connectivity index (χ4v) is 2.14. The highest BCUT2D eigenvalue weighted by molar-refractivity contribution is 6.83. The minimum Gasteiger partial charge on any atom is -0.428 e. The van der Waals surface area contributed by atoms with Crippen molar-refractivity contribution in [1.82, 2.24) is 0 Å². The minimum absolute atomic E-state index is 0.119. The molecule has 0 aliphatic rings. The SMILES string of the molecule is C[Si](C)(O)c1ccc(F)c(F)c1F. The smallest absolute Gasteiger partial charge is 0.217 e. The fourth-order valence-electron chi connectivity index (χ4n) is 0.998. The standard InChI is InChI=1S/C8H9F3OSi/c1-13(2,12)6-4-3-5(9)7(10)8(6)11/h3-4,12H,1-2H3. The average molecular weight is 206 g/mol. The number of hydrogen-bond donors (Lipinski definition) is 1. The lowest BCUT2D eigenvalue weighted by Gasteiger charge is -2.15. The summed E-state index contributed by atoms with van der Waals surface area (Å²) in [7, 11) is -2.91. The Bertz CT molecular complexity index is 333. The lowest BCUT2D eigenvalue weighted by atomic mass is 10.3. The third-order valence-electron chi connectivity index (χ3n) is 1.69. The highest BCUT2D eigenvalue weighted by Crippen LogP contribution is 2.11. The van der Waals surface area contributed by atoms with E-state index >= 15 is 0 Å². The van der Waals surface area contributed by atoms with Crippen LogP contribution in [0.15, 0.2) is 12.1 Å². The summed E-state index contributed by atoms with van der Waals surface area (Å²) >= 11 is 0. The van der Waals surface area contributed by atoms with Gasteiger partial charge in [0.25, 0.3) is 0 Å². The Morgan fingerprint density at radius 3 is 2.08 bits per heavy atom. The highest BCUT2D eigenvalue weighted by atomic mass is 28.4. The molecule has 0 aliphatic heterocycles. The first-order valence-corrected chi connectivity index (χ1v) is 6.65. The van der Waals surface area contributed by atoms with Crippen LogP contribution in [0.1, 0.15) is 0 Å². The Morgan fingerprint density at radius 2 is 1.62 bits per heavy atom. The van der Waals surface area contributed by atoms with Gasteiger partial charge in [0, 0.05) is 5.19 Å². The molecule has 1 aromatic carbocycles. The molecule has 0 unspecified atom stereocenters. The predicted octanol–water partition coefficient (Wildman–Crippen LogP) is 1.51. The molecule has 72 valence electrons. The first-order chi connectivity index (χ1) is 5.84. The molecule has 0 fully saturated rings. The maximum absolute atomic E-state index is 13.0. The van der Waals surface area contributed by atoms with Gasteiger partial charge >= 0.3 is 0 Å². The van der Waals surface area contributed by atoms with E-state index in [1.807, 2.05) is 0 Å². The molecule has 1 aromatic rings. The van der Waals surface area contributed by atoms with E-state index in [4.69, 9.17) is 0 Å². The lowest BCUT2D eigenvalue weighted by molar-refractivity contribution is 0.448. The van der Waals surface area contributed by atoms with Crippen molar-refractivity contribution in [1.29, 1.82) is 0 Å². The van der Waals surface area contributed by atoms with E-state index in [9.17, 15) is 18.0 Å². The maximum atomic E-state index is 13.0. The van der Waals surface area contributed by atoms with Crippen molar-refractivity contribution in [3.8, 4) is 0 Å². The zero-order valence-electron chi connectivity index (χ0n) is 7.24. The molecule has 13 heavy (non-hydrogen) atoms. The molecule has 0 saturated heterocycles. The largest absolute Gasteiger partial charge is 0.428 e. The molecule has 1 nitrogen and oxygen atoms in total. The van der Waals surface area contributed by atoms with Gasteiger partial charge in [-0.2, -0.15) is 0 Å². The van der Waals surface area contributed by atoms with Crippen LogP contribution in [0.3, 0.4) is 0 Å². The number of halogens is 3. The summed E-state index contributed by atoms with van der Waals surface area (Å²) in [5.74, 6) is -4.04. The normalized spacial score (nSPS) is 11.8. The summed E-state index contributed by atoms with van der Waals surface area (Å²) in [6, 6.07) is 1.90. The van der Waals surface area contributed by atoms with Crippen molar-refractivity contribution in [3.05, 3.63) is 29.6 Å². The van der Waals surface area contributed by atoms with Crippen LogP contribution in [0.5, 0.6) is 0 Å². The van der Waals surface area contributed by atoms with Crippen LogP contribution < -0.4 is 5.19 Å². The number of hydrogen-bond acceptors (Lipinski definition) is 1. The van der Waals surface area contributed by atoms with Crippen LogP contribution in [0, 0.1) is 17.5 Å². The summed E-state index contributed by atoms with van der Waals surface area (Å²) in [6.45, 7) is 2.87. The van der Waals surface area contributed by atoms with Crippen LogP contribution in [-0.4, -0.2) is 13.1 Å². The zero-order valence-corrected chi connectivity index (χ0v) is 8.24. The molecule has 0 saturated carbocycles. The van der Waals surface area contributed by atoms with E-state index in [1.54, 1.807) is 0 Å². The second kappa shape index (κ2) is 3.15. The van der Waals surface area contributed by atoms with Gasteiger partial charge in [-0.3, -0.25) is 0 Å². The van der Waals surface area contributed by atoms with Crippen LogP contribution >= 0.6 is 0 Å². The van der Waals surface area contributed by atoms with E-state index in [0.29, 0.717) is 0 Å². The number of benzene rings is 1. The molecule has 1 N–H and O–H groups in total. The summed E-state index contributed by atoms with van der Waals surface area (Å²) in [4.78, 5) is 9.49. The maximum Gasteiger partial charge on any atom is 0.217 e. The summed E-state index contributed by atoms with van der Waals surface area (Å²) in [5, 5.41) is -0.119. The van der Waals surface area contributed by atoms with Crippen molar-refractivity contribution in [2.75, 3.05) is 0 Å². The molecule has 0 heterocycles. The van der Waals surface area contributed by atoms with Crippen LogP contribution in [0.2, 0.25) is 13.1 Å². The third kappa shape index (κ3) is 1.92. The monoisotopic (exact) mass is 206 g/mol. The lowest BCUT2D eigenvalue weighted by Crippen LogP contribution is -2.44. The Hall–Kier alpha value is -0.813. The van der Waals surface area contributed by atoms with Crippen LogP contribution in [0.25, 0.3) is 0 Å². The van der Waals surface area contributed by atoms with Crippen LogP contribution in [0.4, 0.5) is 13.2 Å². The highest BCUT2D eigenvalue weighted by Gasteiger charge is 2.27. The van der Waals surface area contributed by atoms with Crippen molar-refractivity contribution in [3.63, 3.8) is 0 Å². The van der Waals surface area contributed by atoms with Crippen molar-refractivity contribution in [2.24, 2.45) is 0 Å². The Labute approximate surface area is 75.0 Å². The van der Waals surface area contributed by atoms with Gasteiger partial charge in [0.1, 0.15) is 0 Å². The van der Waals surface area contributed by atoms with Gasteiger partial charge in [0.15, 0.2) is 17.5 Å². The van der Waals surface area contributed by atoms with E-state index in [2.05, 4.69) is 0 Å². The molecule has 0 amide bonds. The molecule has 1 rings (SSSR count). The van der Waals surface area contributed by atoms with Gasteiger partial charge in [-0.15, -0.1) is 0 Å². The molecule has 0 bridgehead atoms. The second-order valence-electron chi connectivity index (χ2n) is 3.28. The van der Waals surface area contributed by atoms with E-state index in [1.165, 1.54) is 13.1 Å². The van der Waals surface area contributed by atoms with Crippen LogP contribution in [-0.2, 0) is 0 Å². The first kappa shape index (κ1) is 10.3. The summed E-state index contributed by atoms with van der Waals surface area (Å²) in [5.41, 5.74) is 0. The zero-order chi connectivity index (χ0) is 10.2. The van der Waals surface area contributed by atoms with Gasteiger partial charge in [-0.25, -0.2) is 13.2 Å². The molecular formula is C8H9F3OSi. The molecule has 5 heteroatoms. The van der Waals surface area contributed by atoms with Gasteiger partial charge in [-0.1, -0.05) is 6.07 Å². The first-order valence-electron chi connectivity index (χ1n) is 3.70. The Kier molecular flexibility index (Phi) is 2.49. The average Bonchev–Trinajstić information content (AvgIpc) is 1.98. The van der Waals surface area contributed by atoms with Crippen molar-refractivity contribution in [2.45, 2.75) is 13.1 Å². The minimum atomic E-state index is -2.91. The molecule has 0 aliphatic carbocycles. The summed E-state index contributed by atoms with van der Waals surface area (Å²) in [6.07, 6.45) is 0. The van der Waals surface area contributed by atoms with Gasteiger partial charge in [0.2, 0.25) is 8.32 Å². The van der Waals surface area contributed by atoms with Gasteiger partial charge in [0.05, 0.1) is 0 Å². The van der Waals surface area contributed by atoms with E-state index in [0.717, 1.165) is 12.1 Å². The third-order valence-corrected chi connectivity index (χ3v) is 3.40. The topological polar surface area (TPSA) is 20.2 Å². The fraction of sp³-hybridized carbons (Fsp3) is 0.250. The number of rotatable bonds is 1. The quantitative estimate of drug-likeness (QED) is 0.545. The predicted molar refractivity (Wildman–Crippen MR) is 45.7 cm³/mol. The molecule has 0 atom stereocenters. The Balaban J connectivity index is 3.35. The molecule has 0 radical (unpaired) electrons. The van der Waals surface area contributed by atoms with Gasteiger partial charge in [-0.05, 0) is 19.2 Å². The van der Waals surface area contributed by atoms with E-state index in [-0.39, 0.29) is 5.19 Å². The van der Waals surface area contributed by atoms with Gasteiger partial charge < -0.3 is 4.80 Å². The molecular weight excluding hydrogens is 197 g/mol. The summed E-state index contributed by atoms with van der Waals surface area (Å²) < 4.78 is 38.2. The van der Waals surface area contributed by atoms with Crippen molar-refractivity contribution < 1.29 is 18.0 Å². The van der Waals surface area contributed by atoms with Crippen molar-refractivity contribution >= 4 is 13.5 Å². The second-order valence-corrected chi connectivity index (χ2v) is 6.94. The Morgan fingerprint density at radius 1 is 1.08 bits per heavy atom. The molecule has 0 aromatic heterocycles. The molecule has 0 spiro atoms.